The molecule has 0 aliphatic rings. The summed E-state index contributed by atoms with van der Waals surface area (Å²) in [5, 5.41) is 5.69. The molecule has 30 heavy (non-hydrogen) atoms. The quantitative estimate of drug-likeness (QED) is 0.455. The molecular weight excluding hydrogens is 394 g/mol. The van der Waals surface area contributed by atoms with Crippen molar-refractivity contribution in [3.05, 3.63) is 101 Å². The number of amides is 1. The predicted molar refractivity (Wildman–Crippen MR) is 118 cm³/mol. The Bertz CT molecular complexity index is 1100. The molecule has 2 heterocycles. The molecule has 0 unspecified atom stereocenters. The van der Waals surface area contributed by atoms with Gasteiger partial charge in [0.2, 0.25) is 5.91 Å². The molecular formula is C24H21N3O2S. The van der Waals surface area contributed by atoms with E-state index in [4.69, 9.17) is 4.74 Å². The molecule has 0 fully saturated rings. The smallest absolute Gasteiger partial charge is 0.226 e. The summed E-state index contributed by atoms with van der Waals surface area (Å²) in [4.78, 5) is 21.2. The minimum Gasteiger partial charge on any atom is -0.489 e. The van der Waals surface area contributed by atoms with Crippen molar-refractivity contribution in [1.82, 2.24) is 15.3 Å². The first-order valence-electron chi connectivity index (χ1n) is 9.65. The van der Waals surface area contributed by atoms with Crippen molar-refractivity contribution in [3.63, 3.8) is 0 Å². The van der Waals surface area contributed by atoms with E-state index in [1.165, 1.54) is 11.3 Å². The average molecular weight is 416 g/mol. The number of ether oxygens (including phenoxy) is 1. The van der Waals surface area contributed by atoms with Gasteiger partial charge < -0.3 is 10.1 Å². The Kier molecular flexibility index (Phi) is 6.47. The van der Waals surface area contributed by atoms with E-state index in [1.807, 2.05) is 78.2 Å². The van der Waals surface area contributed by atoms with E-state index in [9.17, 15) is 4.79 Å². The standard InChI is InChI=1S/C24H21N3O2S/c28-23(14-20-17-30-24(27-20)21-11-6-7-13-25-21)26-15-19-10-4-5-12-22(19)29-16-18-8-2-1-3-9-18/h1-13,17H,14-16H2,(H,26,28). The molecule has 0 saturated heterocycles. The van der Waals surface area contributed by atoms with Crippen molar-refractivity contribution in [1.29, 1.82) is 0 Å². The number of rotatable bonds is 8. The van der Waals surface area contributed by atoms with Gasteiger partial charge in [0.15, 0.2) is 0 Å². The molecule has 1 N–H and O–H groups in total. The van der Waals surface area contributed by atoms with E-state index < -0.39 is 0 Å². The first-order chi connectivity index (χ1) is 14.8. The van der Waals surface area contributed by atoms with Crippen molar-refractivity contribution < 1.29 is 9.53 Å². The molecule has 0 spiro atoms. The van der Waals surface area contributed by atoms with Gasteiger partial charge in [0.25, 0.3) is 0 Å². The zero-order chi connectivity index (χ0) is 20.6. The number of thiazole rings is 1. The highest BCUT2D eigenvalue weighted by Crippen LogP contribution is 2.22. The third-order valence-corrected chi connectivity index (χ3v) is 5.38. The first kappa shape index (κ1) is 19.8. The van der Waals surface area contributed by atoms with Crippen LogP contribution in [0.15, 0.2) is 84.4 Å². The number of hydrogen-bond donors (Lipinski definition) is 1. The summed E-state index contributed by atoms with van der Waals surface area (Å²) in [5.74, 6) is 0.693. The van der Waals surface area contributed by atoms with Crippen LogP contribution in [0.25, 0.3) is 10.7 Å². The predicted octanol–water partition coefficient (Wildman–Crippen LogP) is 4.64. The van der Waals surface area contributed by atoms with Gasteiger partial charge in [-0.2, -0.15) is 0 Å². The van der Waals surface area contributed by atoms with Crippen molar-refractivity contribution in [2.45, 2.75) is 19.6 Å². The van der Waals surface area contributed by atoms with Crippen LogP contribution in [0.2, 0.25) is 0 Å². The largest absolute Gasteiger partial charge is 0.489 e. The summed E-state index contributed by atoms with van der Waals surface area (Å²) < 4.78 is 5.96. The highest BCUT2D eigenvalue weighted by Gasteiger charge is 2.11. The van der Waals surface area contributed by atoms with Gasteiger partial charge in [0.05, 0.1) is 17.8 Å². The van der Waals surface area contributed by atoms with Gasteiger partial charge in [0.1, 0.15) is 17.4 Å². The molecule has 1 amide bonds. The maximum absolute atomic E-state index is 12.4. The van der Waals surface area contributed by atoms with Crippen LogP contribution in [0.5, 0.6) is 5.75 Å². The second-order valence-corrected chi connectivity index (χ2v) is 7.55. The van der Waals surface area contributed by atoms with Gasteiger partial charge >= 0.3 is 0 Å². The lowest BCUT2D eigenvalue weighted by molar-refractivity contribution is -0.120. The Morgan fingerprint density at radius 3 is 2.60 bits per heavy atom. The lowest BCUT2D eigenvalue weighted by atomic mass is 10.2. The summed E-state index contributed by atoms with van der Waals surface area (Å²) in [6.45, 7) is 0.891. The van der Waals surface area contributed by atoms with Gasteiger partial charge in [-0.25, -0.2) is 4.98 Å². The van der Waals surface area contributed by atoms with Crippen molar-refractivity contribution in [3.8, 4) is 16.5 Å². The molecule has 4 aromatic rings. The zero-order valence-corrected chi connectivity index (χ0v) is 17.1. The van der Waals surface area contributed by atoms with Crippen LogP contribution < -0.4 is 10.1 Å². The Morgan fingerprint density at radius 1 is 0.967 bits per heavy atom. The second kappa shape index (κ2) is 9.80. The Balaban J connectivity index is 1.32. The molecule has 0 aliphatic heterocycles. The lowest BCUT2D eigenvalue weighted by Crippen LogP contribution is -2.25. The van der Waals surface area contributed by atoms with Crippen LogP contribution in [-0.2, 0) is 24.4 Å². The Morgan fingerprint density at radius 2 is 1.77 bits per heavy atom. The van der Waals surface area contributed by atoms with Crippen LogP contribution in [0.4, 0.5) is 0 Å². The maximum Gasteiger partial charge on any atom is 0.226 e. The van der Waals surface area contributed by atoms with Crippen LogP contribution in [0.1, 0.15) is 16.8 Å². The summed E-state index contributed by atoms with van der Waals surface area (Å²) in [5.41, 5.74) is 3.60. The zero-order valence-electron chi connectivity index (χ0n) is 16.3. The minimum absolute atomic E-state index is 0.0780. The highest BCUT2D eigenvalue weighted by molar-refractivity contribution is 7.13. The van der Waals surface area contributed by atoms with Crippen molar-refractivity contribution in [2.75, 3.05) is 0 Å². The van der Waals surface area contributed by atoms with E-state index >= 15 is 0 Å². The number of aromatic nitrogens is 2. The van der Waals surface area contributed by atoms with E-state index in [2.05, 4.69) is 15.3 Å². The van der Waals surface area contributed by atoms with Crippen LogP contribution in [-0.4, -0.2) is 15.9 Å². The van der Waals surface area contributed by atoms with Crippen molar-refractivity contribution >= 4 is 17.2 Å². The Labute approximate surface area is 179 Å². The first-order valence-corrected chi connectivity index (χ1v) is 10.5. The molecule has 5 nitrogen and oxygen atoms in total. The van der Waals surface area contributed by atoms with Gasteiger partial charge in [0, 0.05) is 23.7 Å². The fourth-order valence-corrected chi connectivity index (χ4v) is 3.74. The molecule has 150 valence electrons. The van der Waals surface area contributed by atoms with E-state index in [0.29, 0.717) is 13.2 Å². The van der Waals surface area contributed by atoms with Gasteiger partial charge in [-0.15, -0.1) is 11.3 Å². The molecule has 0 radical (unpaired) electrons. The average Bonchev–Trinajstić information content (AvgIpc) is 3.26. The molecule has 2 aromatic heterocycles. The van der Waals surface area contributed by atoms with Crippen LogP contribution in [0.3, 0.4) is 0 Å². The third-order valence-electron chi connectivity index (χ3n) is 4.46. The monoisotopic (exact) mass is 415 g/mol. The number of carbonyl (C=O) groups is 1. The number of para-hydroxylation sites is 1. The Hall–Kier alpha value is -3.51. The summed E-state index contributed by atoms with van der Waals surface area (Å²) in [7, 11) is 0. The highest BCUT2D eigenvalue weighted by atomic mass is 32.1. The van der Waals surface area contributed by atoms with Crippen LogP contribution >= 0.6 is 11.3 Å². The summed E-state index contributed by atoms with van der Waals surface area (Å²) >= 11 is 1.49. The SMILES string of the molecule is O=C(Cc1csc(-c2ccccn2)n1)NCc1ccccc1OCc1ccccc1. The fraction of sp³-hybridized carbons (Fsp3) is 0.125. The topological polar surface area (TPSA) is 64.1 Å². The normalized spacial score (nSPS) is 10.5. The summed E-state index contributed by atoms with van der Waals surface area (Å²) in [6, 6.07) is 23.5. The molecule has 4 rings (SSSR count). The molecule has 0 saturated carbocycles. The van der Waals surface area contributed by atoms with Crippen molar-refractivity contribution in [2.24, 2.45) is 0 Å². The lowest BCUT2D eigenvalue weighted by Gasteiger charge is -2.12. The number of nitrogens with zero attached hydrogens (tertiary/aromatic N) is 2. The maximum atomic E-state index is 12.4. The molecule has 0 aliphatic carbocycles. The molecule has 2 aromatic carbocycles. The van der Waals surface area contributed by atoms with E-state index in [1.54, 1.807) is 6.20 Å². The van der Waals surface area contributed by atoms with Gasteiger partial charge in [-0.05, 0) is 23.8 Å². The number of carbonyl (C=O) groups excluding carboxylic acids is 1. The van der Waals surface area contributed by atoms with Crippen LogP contribution in [0, 0.1) is 0 Å². The number of hydrogen-bond acceptors (Lipinski definition) is 5. The minimum atomic E-state index is -0.0780. The molecule has 0 bridgehead atoms. The number of pyridine rings is 1. The fourth-order valence-electron chi connectivity index (χ4n) is 2.94. The van der Waals surface area contributed by atoms with Gasteiger partial charge in [-0.1, -0.05) is 54.6 Å². The molecule has 0 atom stereocenters. The van der Waals surface area contributed by atoms with E-state index in [0.717, 1.165) is 33.3 Å². The summed E-state index contributed by atoms with van der Waals surface area (Å²) in [6.07, 6.45) is 1.97. The second-order valence-electron chi connectivity index (χ2n) is 6.69. The van der Waals surface area contributed by atoms with E-state index in [-0.39, 0.29) is 12.3 Å². The third kappa shape index (κ3) is 5.30. The number of benzene rings is 2. The van der Waals surface area contributed by atoms with Gasteiger partial charge in [-0.3, -0.25) is 9.78 Å². The number of nitrogens with one attached hydrogen (secondary N) is 1. The molecule has 6 heteroatoms.